The highest BCUT2D eigenvalue weighted by Gasteiger charge is 2.25. The Hall–Kier alpha value is -2.41. The third-order valence-electron chi connectivity index (χ3n) is 2.73. The van der Waals surface area contributed by atoms with E-state index in [0.717, 1.165) is 11.0 Å². The number of aryl methyl sites for hydroxylation is 1. The number of benzene rings is 1. The third kappa shape index (κ3) is 1.75. The predicted molar refractivity (Wildman–Crippen MR) is 69.6 cm³/mol. The number of rotatable bonds is 2. The summed E-state index contributed by atoms with van der Waals surface area (Å²) < 4.78 is 1.23. The molecule has 96 valence electrons. The Labute approximate surface area is 112 Å². The molecule has 0 saturated carbocycles. The smallest absolute Gasteiger partial charge is 0.322 e. The van der Waals surface area contributed by atoms with Gasteiger partial charge in [-0.1, -0.05) is 23.7 Å². The number of aromatic amines is 1. The van der Waals surface area contributed by atoms with Gasteiger partial charge in [0.05, 0.1) is 16.0 Å². The number of fused-ring (bicyclic) bond motifs is 1. The lowest BCUT2D eigenvalue weighted by molar-refractivity contribution is -0.385. The van der Waals surface area contributed by atoms with Crippen LogP contribution in [0.3, 0.4) is 0 Å². The Balaban J connectivity index is 2.22. The van der Waals surface area contributed by atoms with E-state index in [1.165, 1.54) is 11.6 Å². The molecule has 3 rings (SSSR count). The largest absolute Gasteiger partial charge is 0.329 e. The average Bonchev–Trinajstić information content (AvgIpc) is 2.89. The maximum absolute atomic E-state index is 10.9. The van der Waals surface area contributed by atoms with Crippen LogP contribution >= 0.6 is 11.6 Å². The lowest BCUT2D eigenvalue weighted by atomic mass is 10.3. The normalized spacial score (nSPS) is 11.1. The van der Waals surface area contributed by atoms with Gasteiger partial charge in [-0.2, -0.15) is 9.78 Å². The van der Waals surface area contributed by atoms with Crippen molar-refractivity contribution in [1.29, 1.82) is 0 Å². The Morgan fingerprint density at radius 2 is 2.16 bits per heavy atom. The van der Waals surface area contributed by atoms with Crippen molar-refractivity contribution in [1.82, 2.24) is 19.7 Å². The molecule has 3 aromatic rings. The minimum Gasteiger partial charge on any atom is -0.322 e. The van der Waals surface area contributed by atoms with Crippen molar-refractivity contribution < 1.29 is 4.92 Å². The zero-order chi connectivity index (χ0) is 13.6. The van der Waals surface area contributed by atoms with Crippen LogP contribution in [0.2, 0.25) is 5.15 Å². The quantitative estimate of drug-likeness (QED) is 0.576. The van der Waals surface area contributed by atoms with E-state index < -0.39 is 4.92 Å². The van der Waals surface area contributed by atoms with Gasteiger partial charge in [0, 0.05) is 0 Å². The number of para-hydroxylation sites is 2. The predicted octanol–water partition coefficient (Wildman–Crippen LogP) is 2.62. The van der Waals surface area contributed by atoms with Gasteiger partial charge in [0.2, 0.25) is 11.1 Å². The van der Waals surface area contributed by atoms with Crippen molar-refractivity contribution in [3.63, 3.8) is 0 Å². The van der Waals surface area contributed by atoms with Crippen LogP contribution < -0.4 is 0 Å². The van der Waals surface area contributed by atoms with Gasteiger partial charge in [-0.15, -0.1) is 0 Å². The Morgan fingerprint density at radius 1 is 1.42 bits per heavy atom. The van der Waals surface area contributed by atoms with Crippen LogP contribution in [-0.2, 0) is 0 Å². The van der Waals surface area contributed by atoms with Crippen molar-refractivity contribution in [3.05, 3.63) is 45.2 Å². The van der Waals surface area contributed by atoms with Crippen molar-refractivity contribution in [2.45, 2.75) is 6.92 Å². The van der Waals surface area contributed by atoms with Gasteiger partial charge in [-0.3, -0.25) is 10.1 Å². The topological polar surface area (TPSA) is 89.6 Å². The van der Waals surface area contributed by atoms with Gasteiger partial charge >= 0.3 is 5.69 Å². The number of H-pyrrole nitrogens is 1. The summed E-state index contributed by atoms with van der Waals surface area (Å²) in [6, 6.07) is 7.40. The third-order valence-corrected chi connectivity index (χ3v) is 3.07. The second-order valence-electron chi connectivity index (χ2n) is 3.97. The number of aromatic nitrogens is 4. The van der Waals surface area contributed by atoms with E-state index >= 15 is 0 Å². The molecule has 2 aromatic heterocycles. The lowest BCUT2D eigenvalue weighted by Gasteiger charge is -1.95. The molecule has 0 saturated heterocycles. The second-order valence-corrected chi connectivity index (χ2v) is 4.33. The highest BCUT2D eigenvalue weighted by molar-refractivity contribution is 6.32. The van der Waals surface area contributed by atoms with E-state index in [1.54, 1.807) is 0 Å². The van der Waals surface area contributed by atoms with E-state index in [1.807, 2.05) is 24.3 Å². The zero-order valence-electron chi connectivity index (χ0n) is 9.79. The molecule has 2 heterocycles. The molecule has 1 aromatic carbocycles. The van der Waals surface area contributed by atoms with Crippen LogP contribution in [0, 0.1) is 17.0 Å². The molecule has 0 fully saturated rings. The fourth-order valence-corrected chi connectivity index (χ4v) is 2.20. The minimum atomic E-state index is -0.552. The minimum absolute atomic E-state index is 0.0680. The number of hydrogen-bond acceptors (Lipinski definition) is 4. The first-order valence-electron chi connectivity index (χ1n) is 5.42. The van der Waals surface area contributed by atoms with Crippen LogP contribution in [0.1, 0.15) is 5.69 Å². The first-order chi connectivity index (χ1) is 9.08. The van der Waals surface area contributed by atoms with E-state index in [4.69, 9.17) is 11.6 Å². The number of hydrogen-bond donors (Lipinski definition) is 1. The van der Waals surface area contributed by atoms with E-state index in [0.29, 0.717) is 5.95 Å². The van der Waals surface area contributed by atoms with Crippen molar-refractivity contribution in [3.8, 4) is 5.95 Å². The molecule has 0 aliphatic rings. The standard InChI is InChI=1S/C11H8ClN5O2/c1-6-9(17(18)19)10(12)16(15-6)11-13-7-4-2-3-5-8(7)14-11/h2-5H,1H3,(H,13,14). The molecule has 0 radical (unpaired) electrons. The van der Waals surface area contributed by atoms with Gasteiger partial charge in [0.1, 0.15) is 5.69 Å². The summed E-state index contributed by atoms with van der Waals surface area (Å²) in [5.41, 5.74) is 1.59. The monoisotopic (exact) mass is 277 g/mol. The molecule has 0 atom stereocenters. The van der Waals surface area contributed by atoms with Crippen LogP contribution in [0.4, 0.5) is 5.69 Å². The molecule has 0 aliphatic carbocycles. The van der Waals surface area contributed by atoms with Gasteiger partial charge in [-0.05, 0) is 19.1 Å². The molecular weight excluding hydrogens is 270 g/mol. The van der Waals surface area contributed by atoms with Crippen molar-refractivity contribution >= 4 is 28.3 Å². The highest BCUT2D eigenvalue weighted by atomic mass is 35.5. The Bertz CT molecular complexity index is 759. The molecular formula is C11H8ClN5O2. The zero-order valence-corrected chi connectivity index (χ0v) is 10.5. The molecule has 0 aliphatic heterocycles. The lowest BCUT2D eigenvalue weighted by Crippen LogP contribution is -1.99. The summed E-state index contributed by atoms with van der Waals surface area (Å²) in [6.45, 7) is 1.53. The Morgan fingerprint density at radius 3 is 2.79 bits per heavy atom. The molecule has 0 spiro atoms. The molecule has 8 heteroatoms. The Kier molecular flexibility index (Phi) is 2.49. The van der Waals surface area contributed by atoms with E-state index in [2.05, 4.69) is 15.1 Å². The summed E-state index contributed by atoms with van der Waals surface area (Å²) in [5, 5.41) is 14.9. The SMILES string of the molecule is Cc1nn(-c2nc3ccccc3[nH]2)c(Cl)c1[N+](=O)[O-]. The molecule has 19 heavy (non-hydrogen) atoms. The first-order valence-corrected chi connectivity index (χ1v) is 5.80. The van der Waals surface area contributed by atoms with Crippen LogP contribution in [0.25, 0.3) is 17.0 Å². The van der Waals surface area contributed by atoms with Crippen LogP contribution in [0.5, 0.6) is 0 Å². The van der Waals surface area contributed by atoms with Gasteiger partial charge in [0.25, 0.3) is 0 Å². The second kappa shape index (κ2) is 4.06. The van der Waals surface area contributed by atoms with Gasteiger partial charge in [0.15, 0.2) is 0 Å². The number of nitro groups is 1. The van der Waals surface area contributed by atoms with Gasteiger partial charge in [-0.25, -0.2) is 4.98 Å². The fourth-order valence-electron chi connectivity index (χ4n) is 1.88. The van der Waals surface area contributed by atoms with Gasteiger partial charge < -0.3 is 4.98 Å². The average molecular weight is 278 g/mol. The molecule has 0 bridgehead atoms. The molecule has 0 unspecified atom stereocenters. The number of imidazole rings is 1. The number of halogens is 1. The maximum atomic E-state index is 10.9. The van der Waals surface area contributed by atoms with Crippen molar-refractivity contribution in [2.75, 3.05) is 0 Å². The number of nitrogens with zero attached hydrogens (tertiary/aromatic N) is 4. The summed E-state index contributed by atoms with van der Waals surface area (Å²) >= 11 is 5.99. The summed E-state index contributed by atoms with van der Waals surface area (Å²) in [4.78, 5) is 17.7. The first kappa shape index (κ1) is 11.7. The van der Waals surface area contributed by atoms with Crippen LogP contribution in [-0.4, -0.2) is 24.7 Å². The number of nitrogens with one attached hydrogen (secondary N) is 1. The summed E-state index contributed by atoms with van der Waals surface area (Å²) in [7, 11) is 0. The summed E-state index contributed by atoms with van der Waals surface area (Å²) in [6.07, 6.45) is 0. The van der Waals surface area contributed by atoms with E-state index in [-0.39, 0.29) is 16.5 Å². The molecule has 1 N–H and O–H groups in total. The fraction of sp³-hybridized carbons (Fsp3) is 0.0909. The maximum Gasteiger partial charge on any atom is 0.329 e. The highest BCUT2D eigenvalue weighted by Crippen LogP contribution is 2.29. The van der Waals surface area contributed by atoms with Crippen molar-refractivity contribution in [2.24, 2.45) is 0 Å². The van der Waals surface area contributed by atoms with Crippen LogP contribution in [0.15, 0.2) is 24.3 Å². The summed E-state index contributed by atoms with van der Waals surface area (Å²) in [5.74, 6) is 0.349. The molecule has 7 nitrogen and oxygen atoms in total. The molecule has 0 amide bonds. The van der Waals surface area contributed by atoms with E-state index in [9.17, 15) is 10.1 Å².